The van der Waals surface area contributed by atoms with E-state index in [0.717, 1.165) is 16.8 Å². The largest absolute Gasteiger partial charge is 0.481 e. The molecule has 0 heterocycles. The molecule has 0 saturated heterocycles. The Kier molecular flexibility index (Phi) is 4.23. The van der Waals surface area contributed by atoms with Crippen molar-refractivity contribution in [2.75, 3.05) is 5.32 Å². The molecule has 1 aromatic rings. The van der Waals surface area contributed by atoms with Crippen LogP contribution >= 0.6 is 0 Å². The molecule has 0 aromatic heterocycles. The second kappa shape index (κ2) is 5.90. The highest BCUT2D eigenvalue weighted by Crippen LogP contribution is 2.28. The minimum absolute atomic E-state index is 0.213. The maximum absolute atomic E-state index is 12.3. The average molecular weight is 273 g/mol. The number of carbonyl (C=O) groups is 2. The number of amides is 1. The lowest BCUT2D eigenvalue weighted by atomic mass is 9.82. The van der Waals surface area contributed by atoms with Gasteiger partial charge in [-0.15, -0.1) is 0 Å². The van der Waals surface area contributed by atoms with Crippen molar-refractivity contribution in [1.82, 2.24) is 0 Å². The average Bonchev–Trinajstić information content (AvgIpc) is 2.43. The van der Waals surface area contributed by atoms with Gasteiger partial charge in [0, 0.05) is 5.69 Å². The normalized spacial score (nSPS) is 21.5. The van der Waals surface area contributed by atoms with Gasteiger partial charge in [-0.3, -0.25) is 9.59 Å². The van der Waals surface area contributed by atoms with E-state index >= 15 is 0 Å². The number of aliphatic carboxylic acids is 1. The first-order valence-corrected chi connectivity index (χ1v) is 6.75. The van der Waals surface area contributed by atoms with Crippen molar-refractivity contribution in [2.24, 2.45) is 11.8 Å². The monoisotopic (exact) mass is 273 g/mol. The molecule has 0 fully saturated rings. The summed E-state index contributed by atoms with van der Waals surface area (Å²) >= 11 is 0. The molecule has 0 bridgehead atoms. The highest BCUT2D eigenvalue weighted by Gasteiger charge is 2.34. The summed E-state index contributed by atoms with van der Waals surface area (Å²) in [6.07, 6.45) is 4.61. The second-order valence-electron chi connectivity index (χ2n) is 5.23. The predicted octanol–water partition coefficient (Wildman–Crippen LogP) is 2.91. The highest BCUT2D eigenvalue weighted by molar-refractivity contribution is 5.96. The van der Waals surface area contributed by atoms with Gasteiger partial charge in [0.2, 0.25) is 5.91 Å². The van der Waals surface area contributed by atoms with Crippen LogP contribution in [-0.4, -0.2) is 17.0 Å². The van der Waals surface area contributed by atoms with Crippen LogP contribution in [0.5, 0.6) is 0 Å². The van der Waals surface area contributed by atoms with Crippen LogP contribution < -0.4 is 5.32 Å². The molecule has 2 N–H and O–H groups in total. The molecule has 1 aliphatic carbocycles. The molecule has 0 aliphatic heterocycles. The number of anilines is 1. The van der Waals surface area contributed by atoms with Crippen molar-refractivity contribution in [1.29, 1.82) is 0 Å². The quantitative estimate of drug-likeness (QED) is 0.832. The van der Waals surface area contributed by atoms with E-state index in [2.05, 4.69) is 5.32 Å². The van der Waals surface area contributed by atoms with Crippen molar-refractivity contribution in [3.8, 4) is 0 Å². The van der Waals surface area contributed by atoms with E-state index in [4.69, 9.17) is 0 Å². The maximum atomic E-state index is 12.3. The van der Waals surface area contributed by atoms with Crippen LogP contribution in [0, 0.1) is 25.7 Å². The van der Waals surface area contributed by atoms with E-state index in [0.29, 0.717) is 12.8 Å². The molecule has 1 amide bonds. The number of carbonyl (C=O) groups excluding carboxylic acids is 1. The van der Waals surface area contributed by atoms with Crippen LogP contribution in [-0.2, 0) is 9.59 Å². The van der Waals surface area contributed by atoms with Gasteiger partial charge in [-0.1, -0.05) is 24.3 Å². The molecule has 2 rings (SSSR count). The van der Waals surface area contributed by atoms with Crippen molar-refractivity contribution >= 4 is 17.6 Å². The summed E-state index contributed by atoms with van der Waals surface area (Å²) in [6.45, 7) is 3.93. The fourth-order valence-corrected chi connectivity index (χ4v) is 2.49. The van der Waals surface area contributed by atoms with E-state index < -0.39 is 17.8 Å². The van der Waals surface area contributed by atoms with Gasteiger partial charge in [0.15, 0.2) is 0 Å². The minimum atomic E-state index is -0.907. The van der Waals surface area contributed by atoms with Crippen LogP contribution in [0.1, 0.15) is 24.0 Å². The molecule has 1 aromatic carbocycles. The molecule has 0 radical (unpaired) electrons. The summed E-state index contributed by atoms with van der Waals surface area (Å²) in [5, 5.41) is 12.1. The van der Waals surface area contributed by atoms with Crippen LogP contribution in [0.3, 0.4) is 0 Å². The Morgan fingerprint density at radius 3 is 2.45 bits per heavy atom. The Labute approximate surface area is 118 Å². The summed E-state index contributed by atoms with van der Waals surface area (Å²) in [4.78, 5) is 23.6. The number of hydrogen-bond acceptors (Lipinski definition) is 2. The number of nitrogens with one attached hydrogen (secondary N) is 1. The topological polar surface area (TPSA) is 66.4 Å². The van der Waals surface area contributed by atoms with Gasteiger partial charge in [0.1, 0.15) is 0 Å². The fourth-order valence-electron chi connectivity index (χ4n) is 2.49. The van der Waals surface area contributed by atoms with Gasteiger partial charge in [-0.25, -0.2) is 0 Å². The molecule has 4 heteroatoms. The summed E-state index contributed by atoms with van der Waals surface area (Å²) in [7, 11) is 0. The van der Waals surface area contributed by atoms with Gasteiger partial charge >= 0.3 is 5.97 Å². The zero-order valence-electron chi connectivity index (χ0n) is 11.7. The van der Waals surface area contributed by atoms with E-state index in [9.17, 15) is 14.7 Å². The van der Waals surface area contributed by atoms with Crippen LogP contribution in [0.2, 0.25) is 0 Å². The van der Waals surface area contributed by atoms with Crippen molar-refractivity contribution in [3.05, 3.63) is 41.5 Å². The van der Waals surface area contributed by atoms with Crippen LogP contribution in [0.4, 0.5) is 5.69 Å². The lowest BCUT2D eigenvalue weighted by Gasteiger charge is -2.24. The standard InChI is InChI=1S/C16H19NO3/c1-10-6-5-9-14(11(10)2)17-15(18)12-7-3-4-8-13(12)16(19)20/h3-6,9,12-13H,7-8H2,1-2H3,(H,17,18)(H,19,20)/t12-,13-/m0/s1. The van der Waals surface area contributed by atoms with E-state index in [1.807, 2.05) is 44.2 Å². The van der Waals surface area contributed by atoms with Gasteiger partial charge in [-0.05, 0) is 43.9 Å². The molecular formula is C16H19NO3. The molecular weight excluding hydrogens is 254 g/mol. The Morgan fingerprint density at radius 1 is 1.15 bits per heavy atom. The second-order valence-corrected chi connectivity index (χ2v) is 5.23. The van der Waals surface area contributed by atoms with E-state index in [1.54, 1.807) is 0 Å². The van der Waals surface area contributed by atoms with Gasteiger partial charge in [-0.2, -0.15) is 0 Å². The summed E-state index contributed by atoms with van der Waals surface area (Å²) in [6, 6.07) is 5.70. The third-order valence-electron chi connectivity index (χ3n) is 3.95. The Hall–Kier alpha value is -2.10. The maximum Gasteiger partial charge on any atom is 0.307 e. The van der Waals surface area contributed by atoms with Crippen LogP contribution in [0.25, 0.3) is 0 Å². The van der Waals surface area contributed by atoms with Gasteiger partial charge in [0.25, 0.3) is 0 Å². The number of benzene rings is 1. The third-order valence-corrected chi connectivity index (χ3v) is 3.95. The van der Waals surface area contributed by atoms with Crippen molar-refractivity contribution < 1.29 is 14.7 Å². The smallest absolute Gasteiger partial charge is 0.307 e. The SMILES string of the molecule is Cc1cccc(NC(=O)[C@H]2CC=CC[C@@H]2C(=O)O)c1C. The summed E-state index contributed by atoms with van der Waals surface area (Å²) in [5.74, 6) is -2.26. The van der Waals surface area contributed by atoms with E-state index in [-0.39, 0.29) is 5.91 Å². The minimum Gasteiger partial charge on any atom is -0.481 e. The third kappa shape index (κ3) is 2.90. The number of rotatable bonds is 3. The molecule has 1 aliphatic rings. The Bertz CT molecular complexity index is 563. The number of carboxylic acid groups (broad SMARTS) is 1. The first-order chi connectivity index (χ1) is 9.50. The van der Waals surface area contributed by atoms with Crippen LogP contribution in [0.15, 0.2) is 30.4 Å². The Morgan fingerprint density at radius 2 is 1.80 bits per heavy atom. The summed E-state index contributed by atoms with van der Waals surface area (Å²) in [5.41, 5.74) is 2.87. The molecule has 20 heavy (non-hydrogen) atoms. The lowest BCUT2D eigenvalue weighted by molar-refractivity contribution is -0.146. The Balaban J connectivity index is 2.17. The molecule has 4 nitrogen and oxygen atoms in total. The molecule has 0 unspecified atom stereocenters. The van der Waals surface area contributed by atoms with Crippen molar-refractivity contribution in [2.45, 2.75) is 26.7 Å². The first-order valence-electron chi connectivity index (χ1n) is 6.75. The predicted molar refractivity (Wildman–Crippen MR) is 77.5 cm³/mol. The zero-order chi connectivity index (χ0) is 14.7. The summed E-state index contributed by atoms with van der Waals surface area (Å²) < 4.78 is 0. The zero-order valence-corrected chi connectivity index (χ0v) is 11.7. The number of hydrogen-bond donors (Lipinski definition) is 2. The molecule has 106 valence electrons. The van der Waals surface area contributed by atoms with Gasteiger partial charge < -0.3 is 10.4 Å². The molecule has 2 atom stereocenters. The molecule has 0 saturated carbocycles. The number of allylic oxidation sites excluding steroid dienone is 2. The number of aryl methyl sites for hydroxylation is 1. The molecule has 0 spiro atoms. The highest BCUT2D eigenvalue weighted by atomic mass is 16.4. The first kappa shape index (κ1) is 14.3. The van der Waals surface area contributed by atoms with Crippen molar-refractivity contribution in [3.63, 3.8) is 0 Å². The number of carboxylic acids is 1. The fraction of sp³-hybridized carbons (Fsp3) is 0.375. The van der Waals surface area contributed by atoms with E-state index in [1.165, 1.54) is 0 Å². The lowest BCUT2D eigenvalue weighted by Crippen LogP contribution is -2.34. The van der Waals surface area contributed by atoms with Gasteiger partial charge in [0.05, 0.1) is 11.8 Å².